The van der Waals surface area contributed by atoms with Crippen molar-refractivity contribution in [1.29, 1.82) is 0 Å². The minimum atomic E-state index is -0.308. The van der Waals surface area contributed by atoms with Crippen molar-refractivity contribution >= 4 is 37.8 Å². The Kier molecular flexibility index (Phi) is 3.16. The Morgan fingerprint density at radius 3 is 2.48 bits per heavy atom. The molecule has 0 aliphatic rings. The Hall–Kier alpha value is -2.33. The van der Waals surface area contributed by atoms with E-state index >= 15 is 0 Å². The third kappa shape index (κ3) is 2.30. The Bertz CT molecular complexity index is 1100. The van der Waals surface area contributed by atoms with Gasteiger partial charge in [0.25, 0.3) is 0 Å². The van der Waals surface area contributed by atoms with E-state index < -0.39 is 0 Å². The largest absolute Gasteiger partial charge is 0.423 e. The van der Waals surface area contributed by atoms with Crippen LogP contribution in [0, 0.1) is 13.8 Å². The molecule has 0 spiro atoms. The maximum absolute atomic E-state index is 11.6. The Labute approximate surface area is 141 Å². The van der Waals surface area contributed by atoms with Crippen molar-refractivity contribution in [2.45, 2.75) is 13.8 Å². The number of aromatic amines is 1. The summed E-state index contributed by atoms with van der Waals surface area (Å²) in [5.41, 5.74) is 5.57. The third-order valence-electron chi connectivity index (χ3n) is 4.17. The van der Waals surface area contributed by atoms with Crippen molar-refractivity contribution in [2.75, 3.05) is 0 Å². The number of benzene rings is 2. The van der Waals surface area contributed by atoms with Crippen LogP contribution >= 0.6 is 15.9 Å². The summed E-state index contributed by atoms with van der Waals surface area (Å²) in [5.74, 6) is 0. The van der Waals surface area contributed by atoms with E-state index in [0.29, 0.717) is 5.58 Å². The number of halogens is 1. The molecule has 0 radical (unpaired) electrons. The number of fused-ring (bicyclic) bond motifs is 3. The van der Waals surface area contributed by atoms with Crippen LogP contribution in [-0.4, -0.2) is 4.98 Å². The first-order chi connectivity index (χ1) is 11.0. The van der Waals surface area contributed by atoms with Crippen LogP contribution in [0.1, 0.15) is 11.1 Å². The fourth-order valence-corrected chi connectivity index (χ4v) is 3.36. The number of nitrogens with one attached hydrogen (secondary N) is 1. The standard InChI is InChI=1S/C19H14BrNO2/c1-10-8-17(22)23-16-7-11(2)19-14(18(10)16)9-15(21-19)12-3-5-13(20)6-4-12/h3-9,21H,1-2H3. The highest BCUT2D eigenvalue weighted by molar-refractivity contribution is 9.10. The van der Waals surface area contributed by atoms with Gasteiger partial charge in [0.2, 0.25) is 0 Å². The average Bonchev–Trinajstić information content (AvgIpc) is 2.92. The van der Waals surface area contributed by atoms with Crippen LogP contribution in [0.4, 0.5) is 0 Å². The van der Waals surface area contributed by atoms with Gasteiger partial charge >= 0.3 is 5.63 Å². The molecule has 3 nitrogen and oxygen atoms in total. The molecule has 2 heterocycles. The zero-order valence-electron chi connectivity index (χ0n) is 12.7. The quantitative estimate of drug-likeness (QED) is 0.462. The molecule has 0 atom stereocenters. The molecule has 2 aromatic carbocycles. The minimum Gasteiger partial charge on any atom is -0.423 e. The van der Waals surface area contributed by atoms with Crippen LogP contribution < -0.4 is 5.63 Å². The van der Waals surface area contributed by atoms with Gasteiger partial charge in [-0.3, -0.25) is 0 Å². The summed E-state index contributed by atoms with van der Waals surface area (Å²) < 4.78 is 6.44. The van der Waals surface area contributed by atoms with E-state index in [2.05, 4.69) is 39.1 Å². The highest BCUT2D eigenvalue weighted by Gasteiger charge is 2.13. The topological polar surface area (TPSA) is 46.0 Å². The smallest absolute Gasteiger partial charge is 0.336 e. The summed E-state index contributed by atoms with van der Waals surface area (Å²) in [5, 5.41) is 2.07. The predicted molar refractivity (Wildman–Crippen MR) is 97.0 cm³/mol. The van der Waals surface area contributed by atoms with Crippen LogP contribution in [0.25, 0.3) is 33.1 Å². The highest BCUT2D eigenvalue weighted by atomic mass is 79.9. The van der Waals surface area contributed by atoms with Crippen LogP contribution in [0.2, 0.25) is 0 Å². The second kappa shape index (κ2) is 5.10. The maximum atomic E-state index is 11.6. The van der Waals surface area contributed by atoms with Crippen molar-refractivity contribution in [1.82, 2.24) is 4.98 Å². The fraction of sp³-hybridized carbons (Fsp3) is 0.105. The first-order valence-electron chi connectivity index (χ1n) is 7.35. The number of aromatic nitrogens is 1. The van der Waals surface area contributed by atoms with Crippen molar-refractivity contribution in [2.24, 2.45) is 0 Å². The summed E-state index contributed by atoms with van der Waals surface area (Å²) in [6.07, 6.45) is 0. The Morgan fingerprint density at radius 1 is 1.00 bits per heavy atom. The SMILES string of the molecule is Cc1cc2oc(=O)cc(C)c2c2cc(-c3ccc(Br)cc3)[nH]c12. The Morgan fingerprint density at radius 2 is 1.74 bits per heavy atom. The maximum Gasteiger partial charge on any atom is 0.336 e. The molecule has 0 bridgehead atoms. The molecule has 0 amide bonds. The Balaban J connectivity index is 2.08. The van der Waals surface area contributed by atoms with Gasteiger partial charge in [0.15, 0.2) is 0 Å². The van der Waals surface area contributed by atoms with E-state index in [1.165, 1.54) is 0 Å². The molecule has 4 aromatic rings. The second-order valence-corrected chi connectivity index (χ2v) is 6.71. The fourth-order valence-electron chi connectivity index (χ4n) is 3.10. The molecule has 0 saturated carbocycles. The van der Waals surface area contributed by atoms with Crippen molar-refractivity contribution in [3.63, 3.8) is 0 Å². The van der Waals surface area contributed by atoms with E-state index in [1.54, 1.807) is 6.07 Å². The molecule has 0 fully saturated rings. The predicted octanol–water partition coefficient (Wildman–Crippen LogP) is 5.32. The number of hydrogen-bond donors (Lipinski definition) is 1. The molecule has 0 saturated heterocycles. The van der Waals surface area contributed by atoms with Gasteiger partial charge in [0.05, 0.1) is 0 Å². The van der Waals surface area contributed by atoms with Gasteiger partial charge in [-0.05, 0) is 54.8 Å². The minimum absolute atomic E-state index is 0.308. The molecule has 23 heavy (non-hydrogen) atoms. The molecular formula is C19H14BrNO2. The zero-order chi connectivity index (χ0) is 16.1. The molecule has 4 heteroatoms. The van der Waals surface area contributed by atoms with Gasteiger partial charge in [-0.15, -0.1) is 0 Å². The summed E-state index contributed by atoms with van der Waals surface area (Å²) in [7, 11) is 0. The molecule has 1 N–H and O–H groups in total. The molecule has 0 unspecified atom stereocenters. The highest BCUT2D eigenvalue weighted by Crippen LogP contribution is 2.33. The molecule has 0 aliphatic heterocycles. The monoisotopic (exact) mass is 367 g/mol. The second-order valence-electron chi connectivity index (χ2n) is 5.79. The lowest BCUT2D eigenvalue weighted by molar-refractivity contribution is 0.560. The van der Waals surface area contributed by atoms with Crippen molar-refractivity contribution in [3.05, 3.63) is 68.5 Å². The van der Waals surface area contributed by atoms with E-state index in [-0.39, 0.29) is 5.63 Å². The van der Waals surface area contributed by atoms with Crippen LogP contribution in [0.5, 0.6) is 0 Å². The first-order valence-corrected chi connectivity index (χ1v) is 8.15. The number of aryl methyl sites for hydroxylation is 2. The number of H-pyrrole nitrogens is 1. The van der Waals surface area contributed by atoms with Crippen molar-refractivity contribution < 1.29 is 4.42 Å². The average molecular weight is 368 g/mol. The van der Waals surface area contributed by atoms with Gasteiger partial charge in [-0.25, -0.2) is 4.79 Å². The van der Waals surface area contributed by atoms with Gasteiger partial charge < -0.3 is 9.40 Å². The molecule has 0 aliphatic carbocycles. The first kappa shape index (κ1) is 14.3. The van der Waals surface area contributed by atoms with Gasteiger partial charge in [-0.1, -0.05) is 28.1 Å². The molecular weight excluding hydrogens is 354 g/mol. The summed E-state index contributed by atoms with van der Waals surface area (Å²) >= 11 is 3.46. The van der Waals surface area contributed by atoms with Gasteiger partial charge in [0, 0.05) is 32.5 Å². The lowest BCUT2D eigenvalue weighted by Gasteiger charge is -2.04. The number of rotatable bonds is 1. The zero-order valence-corrected chi connectivity index (χ0v) is 14.3. The van der Waals surface area contributed by atoms with E-state index in [4.69, 9.17) is 4.42 Å². The van der Waals surface area contributed by atoms with E-state index in [0.717, 1.165) is 43.1 Å². The molecule has 2 aromatic heterocycles. The normalized spacial score (nSPS) is 11.4. The van der Waals surface area contributed by atoms with Gasteiger partial charge in [-0.2, -0.15) is 0 Å². The summed E-state index contributed by atoms with van der Waals surface area (Å²) in [4.78, 5) is 15.1. The number of hydrogen-bond acceptors (Lipinski definition) is 2. The van der Waals surface area contributed by atoms with Crippen LogP contribution in [0.15, 0.2) is 56.1 Å². The molecule has 4 rings (SSSR count). The molecule has 114 valence electrons. The van der Waals surface area contributed by atoms with Crippen molar-refractivity contribution in [3.8, 4) is 11.3 Å². The van der Waals surface area contributed by atoms with E-state index in [1.807, 2.05) is 32.0 Å². The lowest BCUT2D eigenvalue weighted by atomic mass is 10.0. The van der Waals surface area contributed by atoms with E-state index in [9.17, 15) is 4.79 Å². The van der Waals surface area contributed by atoms with Gasteiger partial charge in [0.1, 0.15) is 5.58 Å². The summed E-state index contributed by atoms with van der Waals surface area (Å²) in [6.45, 7) is 3.96. The third-order valence-corrected chi connectivity index (χ3v) is 4.70. The van der Waals surface area contributed by atoms with Crippen LogP contribution in [-0.2, 0) is 0 Å². The lowest BCUT2D eigenvalue weighted by Crippen LogP contribution is -1.98. The van der Waals surface area contributed by atoms with Crippen LogP contribution in [0.3, 0.4) is 0 Å². The summed E-state index contributed by atoms with van der Waals surface area (Å²) in [6, 6.07) is 13.8.